The molecule has 1 atom stereocenters. The van der Waals surface area contributed by atoms with E-state index >= 15 is 0 Å². The van der Waals surface area contributed by atoms with Gasteiger partial charge in [0.05, 0.1) is 13.2 Å². The zero-order valence-corrected chi connectivity index (χ0v) is 13.7. The third-order valence-electron chi connectivity index (χ3n) is 4.23. The maximum Gasteiger partial charge on any atom is 0.193 e. The van der Waals surface area contributed by atoms with Crippen LogP contribution in [0.4, 0.5) is 0 Å². The Balaban J connectivity index is 1.60. The van der Waals surface area contributed by atoms with Gasteiger partial charge in [-0.1, -0.05) is 18.2 Å². The largest absolute Gasteiger partial charge is 0.493 e. The van der Waals surface area contributed by atoms with E-state index in [0.29, 0.717) is 5.92 Å². The van der Waals surface area contributed by atoms with Crippen LogP contribution in [-0.4, -0.2) is 43.1 Å². The van der Waals surface area contributed by atoms with Crippen molar-refractivity contribution in [1.82, 2.24) is 15.2 Å². The molecule has 0 spiro atoms. The van der Waals surface area contributed by atoms with E-state index in [1.807, 2.05) is 38.5 Å². The molecule has 122 valence electrons. The van der Waals surface area contributed by atoms with Crippen LogP contribution in [0.1, 0.15) is 23.6 Å². The van der Waals surface area contributed by atoms with Crippen molar-refractivity contribution in [2.24, 2.45) is 4.99 Å². The molecule has 2 heterocycles. The molecule has 5 nitrogen and oxygen atoms in total. The summed E-state index contributed by atoms with van der Waals surface area (Å²) in [4.78, 5) is 9.74. The molecule has 23 heavy (non-hydrogen) atoms. The van der Waals surface area contributed by atoms with Gasteiger partial charge in [0.25, 0.3) is 0 Å². The minimum absolute atomic E-state index is 0.454. The fraction of sp³-hybridized carbons (Fsp3) is 0.389. The Labute approximate surface area is 137 Å². The van der Waals surface area contributed by atoms with Gasteiger partial charge >= 0.3 is 0 Å². The molecule has 2 aromatic rings. The predicted octanol–water partition coefficient (Wildman–Crippen LogP) is 2.59. The van der Waals surface area contributed by atoms with Crippen LogP contribution in [0.5, 0.6) is 5.75 Å². The molecule has 0 bridgehead atoms. The first kappa shape index (κ1) is 15.5. The monoisotopic (exact) mass is 312 g/mol. The lowest BCUT2D eigenvalue weighted by atomic mass is 9.93. The second-order valence-corrected chi connectivity index (χ2v) is 5.85. The van der Waals surface area contributed by atoms with E-state index in [9.17, 15) is 0 Å². The smallest absolute Gasteiger partial charge is 0.193 e. The van der Waals surface area contributed by atoms with E-state index in [0.717, 1.165) is 37.8 Å². The quantitative estimate of drug-likeness (QED) is 0.674. The summed E-state index contributed by atoms with van der Waals surface area (Å²) in [6.07, 6.45) is 2.97. The molecule has 1 aliphatic heterocycles. The topological polar surface area (TPSA) is 52.7 Å². The molecular weight excluding hydrogens is 288 g/mol. The molecule has 0 radical (unpaired) electrons. The van der Waals surface area contributed by atoms with Crippen molar-refractivity contribution in [1.29, 1.82) is 0 Å². The van der Waals surface area contributed by atoms with Crippen molar-refractivity contribution in [3.8, 4) is 5.75 Å². The van der Waals surface area contributed by atoms with Crippen LogP contribution in [-0.2, 0) is 6.54 Å². The van der Waals surface area contributed by atoms with Gasteiger partial charge in [0.15, 0.2) is 5.96 Å². The Morgan fingerprint density at radius 1 is 1.35 bits per heavy atom. The Kier molecular flexibility index (Phi) is 4.86. The SMILES string of the molecule is CN=C(NCC1CCOc2ccccc21)N(C)Cc1ccc[nH]1. The third-order valence-corrected chi connectivity index (χ3v) is 4.23. The van der Waals surface area contributed by atoms with E-state index in [-0.39, 0.29) is 0 Å². The van der Waals surface area contributed by atoms with E-state index < -0.39 is 0 Å². The first-order valence-corrected chi connectivity index (χ1v) is 8.03. The van der Waals surface area contributed by atoms with Gasteiger partial charge in [-0.2, -0.15) is 0 Å². The van der Waals surface area contributed by atoms with Crippen LogP contribution in [0.25, 0.3) is 0 Å². The van der Waals surface area contributed by atoms with Gasteiger partial charge in [-0.15, -0.1) is 0 Å². The third kappa shape index (κ3) is 3.67. The fourth-order valence-corrected chi connectivity index (χ4v) is 3.02. The van der Waals surface area contributed by atoms with E-state index in [2.05, 4.69) is 38.4 Å². The molecule has 2 N–H and O–H groups in total. The predicted molar refractivity (Wildman–Crippen MR) is 92.9 cm³/mol. The molecule has 1 aromatic heterocycles. The first-order valence-electron chi connectivity index (χ1n) is 8.03. The normalized spacial score (nSPS) is 17.3. The second-order valence-electron chi connectivity index (χ2n) is 5.85. The Hall–Kier alpha value is -2.43. The molecule has 0 saturated heterocycles. The highest BCUT2D eigenvalue weighted by Crippen LogP contribution is 2.32. The van der Waals surface area contributed by atoms with Crippen LogP contribution in [0, 0.1) is 0 Å². The summed E-state index contributed by atoms with van der Waals surface area (Å²) in [5, 5.41) is 3.50. The first-order chi connectivity index (χ1) is 11.3. The standard InChI is InChI=1S/C18H24N4O/c1-19-18(22(2)13-15-6-5-10-20-15)21-12-14-9-11-23-17-8-4-3-7-16(14)17/h3-8,10,14,20H,9,11-13H2,1-2H3,(H,19,21). The Morgan fingerprint density at radius 3 is 3.00 bits per heavy atom. The number of rotatable bonds is 4. The van der Waals surface area contributed by atoms with Crippen molar-refractivity contribution >= 4 is 5.96 Å². The zero-order valence-electron chi connectivity index (χ0n) is 13.7. The highest BCUT2D eigenvalue weighted by Gasteiger charge is 2.21. The Morgan fingerprint density at radius 2 is 2.22 bits per heavy atom. The van der Waals surface area contributed by atoms with Crippen LogP contribution in [0.2, 0.25) is 0 Å². The number of aliphatic imine (C=N–C) groups is 1. The molecule has 1 unspecified atom stereocenters. The second kappa shape index (κ2) is 7.22. The molecule has 0 fully saturated rings. The Bertz CT molecular complexity index is 651. The number of para-hydroxylation sites is 1. The van der Waals surface area contributed by atoms with Gasteiger partial charge in [-0.05, 0) is 30.2 Å². The molecule has 3 rings (SSSR count). The average Bonchev–Trinajstić information content (AvgIpc) is 3.08. The molecule has 5 heteroatoms. The number of ether oxygens (including phenoxy) is 1. The number of benzene rings is 1. The van der Waals surface area contributed by atoms with E-state index in [4.69, 9.17) is 4.74 Å². The number of aromatic nitrogens is 1. The zero-order chi connectivity index (χ0) is 16.1. The molecule has 0 amide bonds. The molecular formula is C18H24N4O. The van der Waals surface area contributed by atoms with Gasteiger partial charge in [0.2, 0.25) is 0 Å². The molecule has 0 aliphatic carbocycles. The summed E-state index contributed by atoms with van der Waals surface area (Å²) in [5.41, 5.74) is 2.46. The van der Waals surface area contributed by atoms with Crippen LogP contribution >= 0.6 is 0 Å². The number of H-pyrrole nitrogens is 1. The fourth-order valence-electron chi connectivity index (χ4n) is 3.02. The summed E-state index contributed by atoms with van der Waals surface area (Å²) in [6, 6.07) is 12.4. The maximum atomic E-state index is 5.73. The summed E-state index contributed by atoms with van der Waals surface area (Å²) in [5.74, 6) is 2.37. The van der Waals surface area contributed by atoms with E-state index in [1.165, 1.54) is 11.3 Å². The number of nitrogens with zero attached hydrogens (tertiary/aromatic N) is 2. The lowest BCUT2D eigenvalue weighted by Gasteiger charge is -2.28. The summed E-state index contributed by atoms with van der Waals surface area (Å²) in [7, 11) is 3.87. The van der Waals surface area contributed by atoms with Crippen molar-refractivity contribution in [3.63, 3.8) is 0 Å². The number of hydrogen-bond acceptors (Lipinski definition) is 2. The number of fused-ring (bicyclic) bond motifs is 1. The number of hydrogen-bond donors (Lipinski definition) is 2. The van der Waals surface area contributed by atoms with Crippen LogP contribution in [0.15, 0.2) is 47.6 Å². The number of aromatic amines is 1. The van der Waals surface area contributed by atoms with Crippen molar-refractivity contribution in [2.75, 3.05) is 27.2 Å². The lowest BCUT2D eigenvalue weighted by Crippen LogP contribution is -2.41. The lowest BCUT2D eigenvalue weighted by molar-refractivity contribution is 0.266. The maximum absolute atomic E-state index is 5.73. The molecule has 1 aromatic carbocycles. The van der Waals surface area contributed by atoms with Crippen LogP contribution < -0.4 is 10.1 Å². The molecule has 1 aliphatic rings. The number of guanidine groups is 1. The van der Waals surface area contributed by atoms with Crippen LogP contribution in [0.3, 0.4) is 0 Å². The summed E-state index contributed by atoms with van der Waals surface area (Å²) in [6.45, 7) is 2.44. The summed E-state index contributed by atoms with van der Waals surface area (Å²) < 4.78 is 5.73. The van der Waals surface area contributed by atoms with Crippen molar-refractivity contribution in [3.05, 3.63) is 53.9 Å². The van der Waals surface area contributed by atoms with Gasteiger partial charge in [0.1, 0.15) is 5.75 Å². The summed E-state index contributed by atoms with van der Waals surface area (Å²) >= 11 is 0. The highest BCUT2D eigenvalue weighted by atomic mass is 16.5. The van der Waals surface area contributed by atoms with E-state index in [1.54, 1.807) is 0 Å². The minimum atomic E-state index is 0.454. The molecule has 0 saturated carbocycles. The highest BCUT2D eigenvalue weighted by molar-refractivity contribution is 5.79. The average molecular weight is 312 g/mol. The number of nitrogens with one attached hydrogen (secondary N) is 2. The van der Waals surface area contributed by atoms with Crippen molar-refractivity contribution < 1.29 is 4.74 Å². The van der Waals surface area contributed by atoms with Gasteiger partial charge in [0, 0.05) is 38.4 Å². The van der Waals surface area contributed by atoms with Gasteiger partial charge in [-0.25, -0.2) is 0 Å². The minimum Gasteiger partial charge on any atom is -0.493 e. The van der Waals surface area contributed by atoms with Gasteiger partial charge < -0.3 is 19.9 Å². The van der Waals surface area contributed by atoms with Crippen molar-refractivity contribution in [2.45, 2.75) is 18.9 Å². The van der Waals surface area contributed by atoms with Gasteiger partial charge in [-0.3, -0.25) is 4.99 Å².